The Labute approximate surface area is 294 Å². The first kappa shape index (κ1) is 36.1. The van der Waals surface area contributed by atoms with Crippen LogP contribution in [0.5, 0.6) is 5.75 Å². The maximum atomic E-state index is 14.4. The number of aliphatic hydroxyl groups excluding tert-OH is 2. The molecule has 14 heteroatoms. The number of aromatic nitrogens is 3. The Morgan fingerprint density at radius 1 is 1.10 bits per heavy atom. The van der Waals surface area contributed by atoms with Gasteiger partial charge in [-0.15, -0.1) is 5.10 Å². The maximum absolute atomic E-state index is 14.4. The number of ether oxygens (including phenoxy) is 2. The average Bonchev–Trinajstić information content (AvgIpc) is 3.72. The number of benzene rings is 2. The van der Waals surface area contributed by atoms with Gasteiger partial charge in [0.1, 0.15) is 5.75 Å². The number of nitrogens with one attached hydrogen (secondary N) is 1. The highest BCUT2D eigenvalue weighted by Gasteiger charge is 2.65. The van der Waals surface area contributed by atoms with Crippen LogP contribution in [0.4, 0.5) is 17.1 Å². The number of anilines is 3. The van der Waals surface area contributed by atoms with Crippen LogP contribution >= 0.6 is 0 Å². The van der Waals surface area contributed by atoms with Gasteiger partial charge in [-0.25, -0.2) is 0 Å². The third kappa shape index (κ3) is 6.48. The topological polar surface area (TPSA) is 163 Å². The monoisotopic (exact) mass is 706 g/mol. The first-order chi connectivity index (χ1) is 23.9. The molecule has 1 spiro atoms. The van der Waals surface area contributed by atoms with Gasteiger partial charge in [0.25, 0.3) is 5.91 Å². The van der Waals surface area contributed by atoms with Gasteiger partial charge in [0.2, 0.25) is 5.91 Å². The number of hydrogen-bond donors (Lipinski definition) is 4. The fourth-order valence-electron chi connectivity index (χ4n) is 8.24. The molecule has 2 amide bonds. The molecule has 4 heterocycles. The highest BCUT2D eigenvalue weighted by molar-refractivity contribution is 6.71. The number of fused-ring (bicyclic) bond motifs is 3. The zero-order valence-corrected chi connectivity index (χ0v) is 30.6. The Morgan fingerprint density at radius 3 is 2.60 bits per heavy atom. The van der Waals surface area contributed by atoms with E-state index in [1.807, 2.05) is 63.3 Å². The molecule has 5 atom stereocenters. The van der Waals surface area contributed by atoms with Crippen molar-refractivity contribution >= 4 is 37.2 Å². The van der Waals surface area contributed by atoms with Crippen molar-refractivity contribution in [2.75, 3.05) is 43.2 Å². The Kier molecular flexibility index (Phi) is 10.5. The van der Waals surface area contributed by atoms with Crippen LogP contribution in [0.3, 0.4) is 0 Å². The normalized spacial score (nSPS) is 24.7. The molecule has 3 aliphatic heterocycles. The van der Waals surface area contributed by atoms with E-state index in [1.165, 1.54) is 0 Å². The van der Waals surface area contributed by atoms with E-state index in [4.69, 9.17) is 9.47 Å². The summed E-state index contributed by atoms with van der Waals surface area (Å²) in [6.07, 6.45) is 4.17. The van der Waals surface area contributed by atoms with Crippen molar-refractivity contribution in [3.05, 3.63) is 59.4 Å². The molecule has 1 saturated heterocycles. The van der Waals surface area contributed by atoms with E-state index in [-0.39, 0.29) is 36.5 Å². The Hall–Kier alpha value is -3.66. The third-order valence-electron chi connectivity index (χ3n) is 10.5. The molecule has 0 bridgehead atoms. The van der Waals surface area contributed by atoms with Crippen LogP contribution < -0.4 is 19.9 Å². The van der Waals surface area contributed by atoms with Crippen molar-refractivity contribution in [3.8, 4) is 5.75 Å². The van der Waals surface area contributed by atoms with Crippen LogP contribution in [0.15, 0.2) is 42.6 Å². The summed E-state index contributed by atoms with van der Waals surface area (Å²) >= 11 is 0. The van der Waals surface area contributed by atoms with Crippen molar-refractivity contribution in [3.63, 3.8) is 0 Å². The van der Waals surface area contributed by atoms with Crippen molar-refractivity contribution in [2.24, 2.45) is 5.92 Å². The summed E-state index contributed by atoms with van der Waals surface area (Å²) in [6.45, 7) is 9.39. The molecule has 0 saturated carbocycles. The lowest BCUT2D eigenvalue weighted by Gasteiger charge is -2.36. The van der Waals surface area contributed by atoms with Crippen molar-refractivity contribution in [1.82, 2.24) is 20.3 Å². The van der Waals surface area contributed by atoms with E-state index in [0.29, 0.717) is 68.0 Å². The van der Waals surface area contributed by atoms with Gasteiger partial charge in [0, 0.05) is 62.1 Å². The molecular weight excluding hydrogens is 657 g/mol. The van der Waals surface area contributed by atoms with E-state index >= 15 is 0 Å². The number of amides is 2. The molecule has 3 aromatic rings. The van der Waals surface area contributed by atoms with Gasteiger partial charge in [0.05, 0.1) is 35.8 Å². The third-order valence-corrected chi connectivity index (χ3v) is 13.0. The summed E-state index contributed by atoms with van der Waals surface area (Å²) in [5, 5.41) is 30.3. The van der Waals surface area contributed by atoms with Crippen LogP contribution in [0, 0.1) is 5.92 Å². The first-order valence-electron chi connectivity index (χ1n) is 17.7. The summed E-state index contributed by atoms with van der Waals surface area (Å²) < 4.78 is 14.5. The second-order valence-corrected chi connectivity index (χ2v) is 18.2. The van der Waals surface area contributed by atoms with Crippen LogP contribution in [-0.4, -0.2) is 95.7 Å². The summed E-state index contributed by atoms with van der Waals surface area (Å²) in [7, 11) is -1.13. The molecule has 1 aromatic heterocycles. The van der Waals surface area contributed by atoms with Crippen LogP contribution in [0.25, 0.3) is 0 Å². The molecule has 3 aliphatic rings. The maximum Gasteiger partial charge on any atom is 0.264 e. The summed E-state index contributed by atoms with van der Waals surface area (Å²) in [6, 6.07) is 11.0. The Bertz CT molecular complexity index is 1710. The molecule has 1 fully saturated rings. The second-order valence-electron chi connectivity index (χ2n) is 14.2. The van der Waals surface area contributed by atoms with Crippen LogP contribution in [0.2, 0.25) is 18.6 Å². The number of aryl methyl sites for hydroxylation is 1. The van der Waals surface area contributed by atoms with E-state index in [2.05, 4.69) is 15.6 Å². The number of nitrogens with zero attached hydrogens (tertiary/aromatic N) is 5. The largest absolute Gasteiger partial charge is 0.494 e. The molecule has 270 valence electrons. The van der Waals surface area contributed by atoms with Gasteiger partial charge in [-0.1, -0.05) is 12.1 Å². The lowest BCUT2D eigenvalue weighted by atomic mass is 9.82. The van der Waals surface area contributed by atoms with Gasteiger partial charge in [0.15, 0.2) is 13.9 Å². The fourth-order valence-corrected chi connectivity index (χ4v) is 10.8. The molecule has 13 nitrogen and oxygen atoms in total. The number of hydrogen-bond acceptors (Lipinski definition) is 10. The van der Waals surface area contributed by atoms with E-state index in [1.54, 1.807) is 27.7 Å². The fraction of sp³-hybridized carbons (Fsp3) is 0.556. The van der Waals surface area contributed by atoms with Gasteiger partial charge in [-0.3, -0.25) is 19.2 Å². The average molecular weight is 707 g/mol. The van der Waals surface area contributed by atoms with E-state index in [9.17, 15) is 24.6 Å². The zero-order valence-electron chi connectivity index (χ0n) is 29.6. The van der Waals surface area contributed by atoms with Crippen molar-refractivity contribution in [1.29, 1.82) is 0 Å². The number of aliphatic hydroxyl groups is 2. The predicted octanol–water partition coefficient (Wildman–Crippen LogP) is 3.03. The standard InChI is InChI=1S/C36H50N6O7Si/c1-6-48-27-10-12-30-24(19-27)20-29(37-15-7-8-17-43)34(45)42(30)26-9-11-31-28(21-26)36(35(46)40(31)3)23(2)33(50(4,5)47)32(49-36)13-16-41-22-25(14-18-44)38-39-41/h9-12,19,21-23,29,32-33,37,43-44,47H,6-8,13-18,20H2,1-5H3/t23-,29?,32+,33-,36+/m0/s1. The van der Waals surface area contributed by atoms with Gasteiger partial charge in [-0.05, 0) is 94.2 Å². The lowest BCUT2D eigenvalue weighted by Crippen LogP contribution is -2.49. The zero-order chi connectivity index (χ0) is 35.8. The summed E-state index contributed by atoms with van der Waals surface area (Å²) in [5.74, 6) is 0.0800. The number of carbonyl (C=O) groups excluding carboxylic acids is 2. The van der Waals surface area contributed by atoms with Crippen LogP contribution in [0.1, 0.15) is 49.9 Å². The highest BCUT2D eigenvalue weighted by atomic mass is 28.4. The van der Waals surface area contributed by atoms with Crippen LogP contribution in [-0.2, 0) is 39.3 Å². The first-order valence-corrected chi connectivity index (χ1v) is 20.7. The molecule has 0 radical (unpaired) electrons. The highest BCUT2D eigenvalue weighted by Crippen LogP contribution is 2.60. The lowest BCUT2D eigenvalue weighted by molar-refractivity contribution is -0.145. The molecule has 1 unspecified atom stereocenters. The van der Waals surface area contributed by atoms with Gasteiger partial charge >= 0.3 is 0 Å². The van der Waals surface area contributed by atoms with E-state index in [0.717, 1.165) is 23.4 Å². The minimum atomic E-state index is -2.88. The van der Waals surface area contributed by atoms with Crippen molar-refractivity contribution < 1.29 is 34.1 Å². The van der Waals surface area contributed by atoms with Crippen molar-refractivity contribution in [2.45, 2.75) is 88.9 Å². The SMILES string of the molecule is CCOc1ccc2c(c1)CC(NCCCCO)C(=O)N2c1ccc2c(c1)[C@@]1(O[C@H](CCn3cc(CCO)nn3)[C@@H]([Si](C)(C)O)[C@@H]1C)C(=O)N2C. The smallest absolute Gasteiger partial charge is 0.264 e. The number of carbonyl (C=O) groups is 2. The minimum absolute atomic E-state index is 0.0153. The van der Waals surface area contributed by atoms with E-state index < -0.39 is 26.1 Å². The molecule has 6 rings (SSSR count). The minimum Gasteiger partial charge on any atom is -0.494 e. The van der Waals surface area contributed by atoms with Gasteiger partial charge in [-0.2, -0.15) is 0 Å². The predicted molar refractivity (Wildman–Crippen MR) is 191 cm³/mol. The molecule has 4 N–H and O–H groups in total. The molecule has 2 aromatic carbocycles. The number of likely N-dealkylation sites (N-methyl/N-ethyl adjacent to an activating group) is 1. The molecule has 50 heavy (non-hydrogen) atoms. The van der Waals surface area contributed by atoms with Gasteiger partial charge < -0.3 is 34.7 Å². The quantitative estimate of drug-likeness (QED) is 0.145. The number of unbranched alkanes of at least 4 members (excludes halogenated alkanes) is 1. The second kappa shape index (κ2) is 14.5. The summed E-state index contributed by atoms with van der Waals surface area (Å²) in [5.41, 5.74) is 2.81. The molecular formula is C36H50N6O7Si. The number of rotatable bonds is 14. The molecule has 0 aliphatic carbocycles. The Morgan fingerprint density at radius 2 is 1.88 bits per heavy atom. The summed E-state index contributed by atoms with van der Waals surface area (Å²) in [4.78, 5) is 43.7. The Balaban J connectivity index is 1.38.